The van der Waals surface area contributed by atoms with Gasteiger partial charge in [0.15, 0.2) is 5.15 Å². The summed E-state index contributed by atoms with van der Waals surface area (Å²) in [4.78, 5) is 3.96. The Morgan fingerprint density at radius 1 is 1.58 bits per heavy atom. The van der Waals surface area contributed by atoms with Crippen LogP contribution in [-0.4, -0.2) is 14.6 Å². The normalized spacial score (nSPS) is 10.9. The van der Waals surface area contributed by atoms with Gasteiger partial charge in [-0.2, -0.15) is 5.10 Å². The molecule has 12 heavy (non-hydrogen) atoms. The van der Waals surface area contributed by atoms with Crippen LogP contribution in [0.15, 0.2) is 16.9 Å². The minimum atomic E-state index is 0.463. The fourth-order valence-electron chi connectivity index (χ4n) is 1.04. The van der Waals surface area contributed by atoms with Gasteiger partial charge in [-0.15, -0.1) is 0 Å². The summed E-state index contributed by atoms with van der Waals surface area (Å²) in [6.07, 6.45) is 3.38. The molecule has 2 rings (SSSR count). The highest BCUT2D eigenvalue weighted by Gasteiger charge is 2.09. The van der Waals surface area contributed by atoms with Gasteiger partial charge in [0.05, 0.1) is 10.2 Å². The second kappa shape index (κ2) is 2.71. The van der Waals surface area contributed by atoms with Gasteiger partial charge >= 0.3 is 0 Å². The first-order chi connectivity index (χ1) is 5.70. The SMILES string of the molecule is Cc1nn2ccnc(Cl)c2c1Br. The Morgan fingerprint density at radius 3 is 3.00 bits per heavy atom. The molecule has 0 spiro atoms. The predicted molar refractivity (Wildman–Crippen MR) is 50.4 cm³/mol. The maximum absolute atomic E-state index is 5.87. The monoisotopic (exact) mass is 245 g/mol. The van der Waals surface area contributed by atoms with Crippen molar-refractivity contribution in [2.24, 2.45) is 0 Å². The molecule has 0 bridgehead atoms. The topological polar surface area (TPSA) is 30.2 Å². The molecule has 0 saturated heterocycles. The van der Waals surface area contributed by atoms with Crippen molar-refractivity contribution in [1.82, 2.24) is 14.6 Å². The van der Waals surface area contributed by atoms with E-state index >= 15 is 0 Å². The van der Waals surface area contributed by atoms with Crippen molar-refractivity contribution in [2.45, 2.75) is 6.92 Å². The first-order valence-corrected chi connectivity index (χ1v) is 4.52. The van der Waals surface area contributed by atoms with Gasteiger partial charge in [-0.05, 0) is 22.9 Å². The molecule has 0 aliphatic heterocycles. The van der Waals surface area contributed by atoms with Crippen molar-refractivity contribution < 1.29 is 0 Å². The molecular formula is C7H5BrClN3. The van der Waals surface area contributed by atoms with Crippen LogP contribution < -0.4 is 0 Å². The van der Waals surface area contributed by atoms with E-state index in [0.717, 1.165) is 15.7 Å². The smallest absolute Gasteiger partial charge is 0.155 e. The third-order valence-electron chi connectivity index (χ3n) is 1.60. The van der Waals surface area contributed by atoms with Gasteiger partial charge in [-0.1, -0.05) is 11.6 Å². The molecule has 0 atom stereocenters. The van der Waals surface area contributed by atoms with Crippen LogP contribution in [0.5, 0.6) is 0 Å². The standard InChI is InChI=1S/C7H5BrClN3/c1-4-5(8)6-7(9)10-2-3-12(6)11-4/h2-3H,1H3. The van der Waals surface area contributed by atoms with E-state index < -0.39 is 0 Å². The van der Waals surface area contributed by atoms with Crippen LogP contribution in [0.25, 0.3) is 5.52 Å². The summed E-state index contributed by atoms with van der Waals surface area (Å²) < 4.78 is 2.61. The Morgan fingerprint density at radius 2 is 2.33 bits per heavy atom. The minimum absolute atomic E-state index is 0.463. The Kier molecular flexibility index (Phi) is 1.81. The fraction of sp³-hybridized carbons (Fsp3) is 0.143. The third kappa shape index (κ3) is 1.03. The van der Waals surface area contributed by atoms with Crippen LogP contribution >= 0.6 is 27.5 Å². The maximum Gasteiger partial charge on any atom is 0.155 e. The molecule has 2 aromatic rings. The zero-order valence-electron chi connectivity index (χ0n) is 6.25. The number of hydrogen-bond acceptors (Lipinski definition) is 2. The number of nitrogens with zero attached hydrogens (tertiary/aromatic N) is 3. The highest BCUT2D eigenvalue weighted by Crippen LogP contribution is 2.25. The maximum atomic E-state index is 5.87. The predicted octanol–water partition coefficient (Wildman–Crippen LogP) is 2.45. The van der Waals surface area contributed by atoms with Gasteiger partial charge in [0.1, 0.15) is 5.52 Å². The quantitative estimate of drug-likeness (QED) is 0.715. The Balaban J connectivity index is 2.97. The lowest BCUT2D eigenvalue weighted by Gasteiger charge is -1.93. The van der Waals surface area contributed by atoms with Gasteiger partial charge in [-0.25, -0.2) is 9.50 Å². The van der Waals surface area contributed by atoms with Crippen LogP contribution in [0, 0.1) is 6.92 Å². The van der Waals surface area contributed by atoms with Crippen molar-refractivity contribution in [2.75, 3.05) is 0 Å². The average Bonchev–Trinajstić information content (AvgIpc) is 2.29. The Bertz CT molecular complexity index is 437. The highest BCUT2D eigenvalue weighted by molar-refractivity contribution is 9.10. The molecule has 3 nitrogen and oxygen atoms in total. The van der Waals surface area contributed by atoms with Gasteiger partial charge in [0, 0.05) is 12.4 Å². The summed E-state index contributed by atoms with van der Waals surface area (Å²) >= 11 is 9.27. The molecule has 62 valence electrons. The van der Waals surface area contributed by atoms with E-state index in [2.05, 4.69) is 26.0 Å². The molecule has 0 aromatic carbocycles. The lowest BCUT2D eigenvalue weighted by atomic mass is 10.4. The van der Waals surface area contributed by atoms with Crippen molar-refractivity contribution >= 4 is 33.0 Å². The summed E-state index contributed by atoms with van der Waals surface area (Å²) in [6.45, 7) is 1.91. The number of aryl methyl sites for hydroxylation is 1. The summed E-state index contributed by atoms with van der Waals surface area (Å²) in [6, 6.07) is 0. The van der Waals surface area contributed by atoms with E-state index in [0.29, 0.717) is 5.15 Å². The second-order valence-electron chi connectivity index (χ2n) is 2.41. The van der Waals surface area contributed by atoms with Crippen LogP contribution in [0.1, 0.15) is 5.69 Å². The molecule has 0 fully saturated rings. The zero-order valence-corrected chi connectivity index (χ0v) is 8.59. The molecule has 0 amide bonds. The second-order valence-corrected chi connectivity index (χ2v) is 3.56. The highest BCUT2D eigenvalue weighted by atomic mass is 79.9. The zero-order chi connectivity index (χ0) is 8.72. The lowest BCUT2D eigenvalue weighted by Crippen LogP contribution is -1.87. The molecule has 0 unspecified atom stereocenters. The van der Waals surface area contributed by atoms with Crippen LogP contribution in [0.3, 0.4) is 0 Å². The van der Waals surface area contributed by atoms with E-state index in [1.54, 1.807) is 16.9 Å². The van der Waals surface area contributed by atoms with Crippen molar-refractivity contribution in [1.29, 1.82) is 0 Å². The minimum Gasteiger partial charge on any atom is -0.241 e. The average molecular weight is 246 g/mol. The number of aromatic nitrogens is 3. The van der Waals surface area contributed by atoms with E-state index in [9.17, 15) is 0 Å². The van der Waals surface area contributed by atoms with Gasteiger partial charge in [0.25, 0.3) is 0 Å². The van der Waals surface area contributed by atoms with Crippen molar-refractivity contribution in [3.8, 4) is 0 Å². The molecule has 0 N–H and O–H groups in total. The molecule has 2 aromatic heterocycles. The molecular weight excluding hydrogens is 241 g/mol. The van der Waals surface area contributed by atoms with Crippen LogP contribution in [-0.2, 0) is 0 Å². The summed E-state index contributed by atoms with van der Waals surface area (Å²) in [5.41, 5.74) is 1.72. The molecule has 0 aliphatic rings. The Labute approximate surface area is 82.5 Å². The van der Waals surface area contributed by atoms with E-state index in [1.165, 1.54) is 0 Å². The van der Waals surface area contributed by atoms with Crippen LogP contribution in [0.4, 0.5) is 0 Å². The summed E-state index contributed by atoms with van der Waals surface area (Å²) in [5.74, 6) is 0. The molecule has 0 aliphatic carbocycles. The first kappa shape index (κ1) is 8.01. The molecule has 5 heteroatoms. The Hall–Kier alpha value is -0.610. The summed E-state index contributed by atoms with van der Waals surface area (Å²) in [5, 5.41) is 4.68. The molecule has 0 radical (unpaired) electrons. The number of fused-ring (bicyclic) bond motifs is 1. The number of halogens is 2. The largest absolute Gasteiger partial charge is 0.241 e. The van der Waals surface area contributed by atoms with Crippen molar-refractivity contribution in [3.05, 3.63) is 27.7 Å². The number of rotatable bonds is 0. The van der Waals surface area contributed by atoms with Gasteiger partial charge < -0.3 is 0 Å². The molecule has 2 heterocycles. The first-order valence-electron chi connectivity index (χ1n) is 3.35. The van der Waals surface area contributed by atoms with E-state index in [-0.39, 0.29) is 0 Å². The number of hydrogen-bond donors (Lipinski definition) is 0. The van der Waals surface area contributed by atoms with Crippen molar-refractivity contribution in [3.63, 3.8) is 0 Å². The lowest BCUT2D eigenvalue weighted by molar-refractivity contribution is 0.922. The van der Waals surface area contributed by atoms with E-state index in [1.807, 2.05) is 6.92 Å². The fourth-order valence-corrected chi connectivity index (χ4v) is 1.84. The summed E-state index contributed by atoms with van der Waals surface area (Å²) in [7, 11) is 0. The molecule has 0 saturated carbocycles. The van der Waals surface area contributed by atoms with E-state index in [4.69, 9.17) is 11.6 Å². The van der Waals surface area contributed by atoms with Gasteiger partial charge in [0.2, 0.25) is 0 Å². The van der Waals surface area contributed by atoms with Crippen LogP contribution in [0.2, 0.25) is 5.15 Å². The van der Waals surface area contributed by atoms with Gasteiger partial charge in [-0.3, -0.25) is 0 Å². The third-order valence-corrected chi connectivity index (χ3v) is 2.83.